The largest absolute Gasteiger partial charge is 0.493 e. The second kappa shape index (κ2) is 8.55. The Morgan fingerprint density at radius 2 is 1.70 bits per heavy atom. The Balaban J connectivity index is 1.99. The predicted octanol–water partition coefficient (Wildman–Crippen LogP) is 3.39. The number of ether oxygens (including phenoxy) is 2. The maximum Gasteiger partial charge on any atom is 0.357 e. The van der Waals surface area contributed by atoms with Crippen molar-refractivity contribution in [2.24, 2.45) is 0 Å². The summed E-state index contributed by atoms with van der Waals surface area (Å²) in [5.74, 6) is 1.87. The van der Waals surface area contributed by atoms with Crippen molar-refractivity contribution < 1.29 is 22.4 Å². The van der Waals surface area contributed by atoms with E-state index in [0.717, 1.165) is 30.4 Å². The van der Waals surface area contributed by atoms with Gasteiger partial charge in [0.25, 0.3) is 0 Å². The molecule has 5 nitrogen and oxygen atoms in total. The van der Waals surface area contributed by atoms with Crippen LogP contribution in [0.25, 0.3) is 0 Å². The summed E-state index contributed by atoms with van der Waals surface area (Å²) in [6.07, 6.45) is 2.49. The minimum atomic E-state index is -2.31. The van der Waals surface area contributed by atoms with E-state index in [0.29, 0.717) is 17.2 Å². The molecule has 0 saturated heterocycles. The van der Waals surface area contributed by atoms with E-state index in [1.165, 1.54) is 0 Å². The van der Waals surface area contributed by atoms with Crippen molar-refractivity contribution in [3.05, 3.63) is 53.6 Å². The van der Waals surface area contributed by atoms with Crippen LogP contribution in [0, 0.1) is 0 Å². The van der Waals surface area contributed by atoms with Crippen LogP contribution in [-0.2, 0) is 24.2 Å². The summed E-state index contributed by atoms with van der Waals surface area (Å²) < 4.78 is 35.1. The third-order valence-electron chi connectivity index (χ3n) is 3.49. The van der Waals surface area contributed by atoms with Gasteiger partial charge in [-0.1, -0.05) is 24.3 Å². The van der Waals surface area contributed by atoms with Gasteiger partial charge in [-0.25, -0.2) is 0 Å². The average molecular weight is 336 g/mol. The molecule has 0 aliphatic heterocycles. The van der Waals surface area contributed by atoms with E-state index in [2.05, 4.69) is 0 Å². The van der Waals surface area contributed by atoms with Crippen molar-refractivity contribution in [2.45, 2.75) is 19.3 Å². The normalized spacial score (nSPS) is 11.8. The Kier molecular flexibility index (Phi) is 6.43. The Morgan fingerprint density at radius 3 is 2.39 bits per heavy atom. The molecule has 0 bridgehead atoms. The fraction of sp³-hybridized carbons (Fsp3) is 0.294. The number of rotatable bonds is 8. The number of aryl methyl sites for hydroxylation is 2. The van der Waals surface area contributed by atoms with E-state index in [-0.39, 0.29) is 0 Å². The topological polar surface area (TPSA) is 65.0 Å². The van der Waals surface area contributed by atoms with Crippen LogP contribution in [0.5, 0.6) is 17.2 Å². The number of benzene rings is 2. The Bertz CT molecular complexity index is 672. The number of hydrogen-bond acceptors (Lipinski definition) is 4. The predicted molar refractivity (Wildman–Crippen MR) is 89.4 cm³/mol. The van der Waals surface area contributed by atoms with Crippen molar-refractivity contribution in [1.82, 2.24) is 0 Å². The second-order valence-corrected chi connectivity index (χ2v) is 5.55. The first kappa shape index (κ1) is 17.3. The second-order valence-electron chi connectivity index (χ2n) is 4.95. The molecule has 6 heteroatoms. The maximum atomic E-state index is 10.8. The SMILES string of the molecule is COc1ccc(CCCc2ccccc2OS(=O)O)cc1OC. The van der Waals surface area contributed by atoms with Crippen molar-refractivity contribution in [2.75, 3.05) is 14.2 Å². The van der Waals surface area contributed by atoms with Crippen LogP contribution < -0.4 is 13.7 Å². The van der Waals surface area contributed by atoms with Crippen LogP contribution >= 0.6 is 0 Å². The Morgan fingerprint density at radius 1 is 0.957 bits per heavy atom. The zero-order valence-corrected chi connectivity index (χ0v) is 14.0. The molecule has 0 aliphatic rings. The molecule has 0 amide bonds. The molecule has 124 valence electrons. The molecule has 0 fully saturated rings. The number of hydrogen-bond donors (Lipinski definition) is 1. The highest BCUT2D eigenvalue weighted by Crippen LogP contribution is 2.28. The lowest BCUT2D eigenvalue weighted by Crippen LogP contribution is -2.01. The van der Waals surface area contributed by atoms with Crippen LogP contribution in [0.4, 0.5) is 0 Å². The summed E-state index contributed by atoms with van der Waals surface area (Å²) in [5.41, 5.74) is 2.06. The van der Waals surface area contributed by atoms with E-state index in [4.69, 9.17) is 18.2 Å². The molecule has 0 spiro atoms. The minimum Gasteiger partial charge on any atom is -0.493 e. The van der Waals surface area contributed by atoms with Gasteiger partial charge in [-0.15, -0.1) is 0 Å². The zero-order valence-electron chi connectivity index (χ0n) is 13.2. The van der Waals surface area contributed by atoms with Crippen LogP contribution in [0.3, 0.4) is 0 Å². The molecule has 0 saturated carbocycles. The summed E-state index contributed by atoms with van der Waals surface area (Å²) in [6.45, 7) is 0. The highest BCUT2D eigenvalue weighted by atomic mass is 32.2. The van der Waals surface area contributed by atoms with Crippen molar-refractivity contribution in [1.29, 1.82) is 0 Å². The van der Waals surface area contributed by atoms with E-state index in [1.54, 1.807) is 26.4 Å². The van der Waals surface area contributed by atoms with Crippen molar-refractivity contribution in [3.63, 3.8) is 0 Å². The summed E-state index contributed by atoms with van der Waals surface area (Å²) in [4.78, 5) is 0. The van der Waals surface area contributed by atoms with E-state index in [9.17, 15) is 4.21 Å². The fourth-order valence-electron chi connectivity index (χ4n) is 2.39. The molecule has 1 unspecified atom stereocenters. The molecule has 1 atom stereocenters. The fourth-order valence-corrected chi connectivity index (χ4v) is 2.70. The zero-order chi connectivity index (χ0) is 16.7. The van der Waals surface area contributed by atoms with E-state index in [1.807, 2.05) is 30.3 Å². The van der Waals surface area contributed by atoms with Gasteiger partial charge in [0.2, 0.25) is 0 Å². The maximum absolute atomic E-state index is 10.8. The summed E-state index contributed by atoms with van der Waals surface area (Å²) in [7, 11) is 3.23. The standard InChI is InChI=1S/C17H20O5S/c1-20-16-11-10-13(12-17(16)21-2)6-5-8-14-7-3-4-9-15(14)22-23(18)19/h3-4,7,9-12H,5-6,8H2,1-2H3,(H,18,19). The molecular weight excluding hydrogens is 316 g/mol. The van der Waals surface area contributed by atoms with Gasteiger partial charge >= 0.3 is 11.4 Å². The molecule has 0 radical (unpaired) electrons. The summed E-state index contributed by atoms with van der Waals surface area (Å²) >= 11 is -2.31. The lowest BCUT2D eigenvalue weighted by atomic mass is 10.0. The molecule has 0 aliphatic carbocycles. The highest BCUT2D eigenvalue weighted by Gasteiger charge is 2.07. The first-order valence-electron chi connectivity index (χ1n) is 7.22. The van der Waals surface area contributed by atoms with Gasteiger partial charge in [0.1, 0.15) is 5.75 Å². The third-order valence-corrected chi connectivity index (χ3v) is 3.82. The van der Waals surface area contributed by atoms with E-state index < -0.39 is 11.4 Å². The Hall–Kier alpha value is -2.05. The van der Waals surface area contributed by atoms with Gasteiger partial charge in [-0.2, -0.15) is 4.21 Å². The lowest BCUT2D eigenvalue weighted by Gasteiger charge is -2.10. The van der Waals surface area contributed by atoms with Crippen molar-refractivity contribution in [3.8, 4) is 17.2 Å². The van der Waals surface area contributed by atoms with Gasteiger partial charge in [-0.05, 0) is 48.6 Å². The Labute approximate surface area is 138 Å². The van der Waals surface area contributed by atoms with Gasteiger partial charge in [-0.3, -0.25) is 4.55 Å². The van der Waals surface area contributed by atoms with Crippen LogP contribution in [0.1, 0.15) is 17.5 Å². The molecule has 2 aromatic carbocycles. The summed E-state index contributed by atoms with van der Waals surface area (Å²) in [5, 5.41) is 0. The first-order valence-corrected chi connectivity index (χ1v) is 8.25. The molecule has 1 N–H and O–H groups in total. The van der Waals surface area contributed by atoms with Crippen LogP contribution in [0.2, 0.25) is 0 Å². The van der Waals surface area contributed by atoms with E-state index >= 15 is 0 Å². The lowest BCUT2D eigenvalue weighted by molar-refractivity contribution is 0.354. The van der Waals surface area contributed by atoms with Crippen LogP contribution in [0.15, 0.2) is 42.5 Å². The molecule has 2 rings (SSSR count). The van der Waals surface area contributed by atoms with Crippen molar-refractivity contribution >= 4 is 11.4 Å². The molecule has 0 aromatic heterocycles. The quantitative estimate of drug-likeness (QED) is 0.749. The molecule has 23 heavy (non-hydrogen) atoms. The third kappa shape index (κ3) is 4.97. The average Bonchev–Trinajstić information content (AvgIpc) is 2.55. The van der Waals surface area contributed by atoms with Gasteiger partial charge < -0.3 is 13.7 Å². The minimum absolute atomic E-state index is 0.445. The molecular formula is C17H20O5S. The van der Waals surface area contributed by atoms with Gasteiger partial charge in [0.15, 0.2) is 11.5 Å². The molecule has 2 aromatic rings. The monoisotopic (exact) mass is 336 g/mol. The highest BCUT2D eigenvalue weighted by molar-refractivity contribution is 7.74. The van der Waals surface area contributed by atoms with Gasteiger partial charge in [0, 0.05) is 0 Å². The summed E-state index contributed by atoms with van der Waals surface area (Å²) in [6, 6.07) is 13.1. The molecule has 0 heterocycles. The first-order chi connectivity index (χ1) is 11.1. The smallest absolute Gasteiger partial charge is 0.357 e. The number of methoxy groups -OCH3 is 2. The van der Waals surface area contributed by atoms with Crippen LogP contribution in [-0.4, -0.2) is 23.0 Å². The number of para-hydroxylation sites is 1. The van der Waals surface area contributed by atoms with Gasteiger partial charge in [0.05, 0.1) is 14.2 Å².